The minimum absolute atomic E-state index is 0.521. The van der Waals surface area contributed by atoms with Crippen LogP contribution in [0.1, 0.15) is 30.6 Å². The molecular formula is C23H30N2O. The second-order valence-electron chi connectivity index (χ2n) is 8.02. The predicted molar refractivity (Wildman–Crippen MR) is 107 cm³/mol. The molecule has 2 saturated heterocycles. The van der Waals surface area contributed by atoms with Crippen molar-refractivity contribution in [3.05, 3.63) is 66.1 Å². The average molecular weight is 351 g/mol. The minimum atomic E-state index is 0.521. The van der Waals surface area contributed by atoms with Gasteiger partial charge in [0.05, 0.1) is 6.26 Å². The molecule has 2 aromatic rings. The van der Waals surface area contributed by atoms with E-state index >= 15 is 0 Å². The van der Waals surface area contributed by atoms with E-state index in [1.807, 2.05) is 12.1 Å². The number of rotatable bonds is 6. The lowest BCUT2D eigenvalue weighted by Gasteiger charge is -2.40. The van der Waals surface area contributed by atoms with E-state index in [1.165, 1.54) is 64.0 Å². The van der Waals surface area contributed by atoms with Crippen molar-refractivity contribution in [3.8, 4) is 0 Å². The summed E-state index contributed by atoms with van der Waals surface area (Å²) in [5.41, 5.74) is 1.98. The summed E-state index contributed by atoms with van der Waals surface area (Å²) in [5.74, 6) is 0.948. The van der Waals surface area contributed by atoms with Crippen LogP contribution in [0.2, 0.25) is 0 Å². The fourth-order valence-electron chi connectivity index (χ4n) is 4.65. The van der Waals surface area contributed by atoms with Crippen LogP contribution in [-0.4, -0.2) is 49.1 Å². The summed E-state index contributed by atoms with van der Waals surface area (Å²) in [5, 5.41) is 0. The molecule has 0 amide bonds. The van der Waals surface area contributed by atoms with Crippen LogP contribution in [0.5, 0.6) is 0 Å². The van der Waals surface area contributed by atoms with Gasteiger partial charge in [-0.15, -0.1) is 0 Å². The smallest absolute Gasteiger partial charge is 0.126 e. The zero-order chi connectivity index (χ0) is 17.7. The molecule has 4 rings (SSSR count). The first kappa shape index (κ1) is 17.6. The normalized spacial score (nSPS) is 24.8. The number of nitrogens with zero attached hydrogens (tertiary/aromatic N) is 2. The van der Waals surface area contributed by atoms with Gasteiger partial charge >= 0.3 is 0 Å². The maximum atomic E-state index is 5.37. The summed E-state index contributed by atoms with van der Waals surface area (Å²) in [4.78, 5) is 5.32. The quantitative estimate of drug-likeness (QED) is 0.773. The molecule has 3 heteroatoms. The maximum absolute atomic E-state index is 5.37. The fraction of sp³-hybridized carbons (Fsp3) is 0.478. The lowest BCUT2D eigenvalue weighted by Crippen LogP contribution is -2.45. The molecule has 1 aromatic heterocycles. The Morgan fingerprint density at radius 3 is 2.69 bits per heavy atom. The standard InChI is InChI=1S/C23H30N2O/c1-2-7-21(8-3-1)11-16-24-15-6-12-23(19-24)13-17-25(20-23)14-4-9-22-10-5-18-26-22/h1-5,7-10,18H,6,11-17,19-20H2/b9-4+/t23-/m0/s1. The highest BCUT2D eigenvalue weighted by Crippen LogP contribution is 2.38. The zero-order valence-electron chi connectivity index (χ0n) is 15.6. The largest absolute Gasteiger partial charge is 0.465 e. The van der Waals surface area contributed by atoms with Crippen molar-refractivity contribution in [1.82, 2.24) is 9.80 Å². The molecule has 0 saturated carbocycles. The van der Waals surface area contributed by atoms with Crippen molar-refractivity contribution >= 4 is 6.08 Å². The van der Waals surface area contributed by atoms with Crippen LogP contribution in [-0.2, 0) is 6.42 Å². The number of piperidine rings is 1. The number of furan rings is 1. The molecule has 2 aliphatic rings. The number of hydrogen-bond donors (Lipinski definition) is 0. The Labute approximate surface area is 157 Å². The molecule has 3 nitrogen and oxygen atoms in total. The van der Waals surface area contributed by atoms with E-state index in [0.29, 0.717) is 5.41 Å². The summed E-state index contributed by atoms with van der Waals surface area (Å²) in [6.07, 6.45) is 11.3. The van der Waals surface area contributed by atoms with Gasteiger partial charge in [-0.2, -0.15) is 0 Å². The van der Waals surface area contributed by atoms with Crippen molar-refractivity contribution in [2.75, 3.05) is 39.3 Å². The van der Waals surface area contributed by atoms with Crippen molar-refractivity contribution < 1.29 is 4.42 Å². The van der Waals surface area contributed by atoms with Crippen molar-refractivity contribution in [2.45, 2.75) is 25.7 Å². The van der Waals surface area contributed by atoms with Crippen molar-refractivity contribution in [3.63, 3.8) is 0 Å². The molecule has 1 atom stereocenters. The third-order valence-electron chi connectivity index (χ3n) is 6.01. The van der Waals surface area contributed by atoms with Crippen LogP contribution in [0.25, 0.3) is 6.08 Å². The lowest BCUT2D eigenvalue weighted by atomic mass is 9.79. The molecule has 0 aliphatic carbocycles. The van der Waals surface area contributed by atoms with Gasteiger partial charge in [0.15, 0.2) is 0 Å². The summed E-state index contributed by atoms with van der Waals surface area (Å²) in [7, 11) is 0. The highest BCUT2D eigenvalue weighted by molar-refractivity contribution is 5.42. The number of hydrogen-bond acceptors (Lipinski definition) is 3. The first-order chi connectivity index (χ1) is 12.8. The van der Waals surface area contributed by atoms with E-state index in [1.54, 1.807) is 6.26 Å². The molecule has 0 radical (unpaired) electrons. The van der Waals surface area contributed by atoms with Gasteiger partial charge < -0.3 is 9.32 Å². The van der Waals surface area contributed by atoms with E-state index in [0.717, 1.165) is 12.3 Å². The van der Waals surface area contributed by atoms with Crippen LogP contribution in [0.3, 0.4) is 0 Å². The molecule has 3 heterocycles. The molecule has 0 unspecified atom stereocenters. The van der Waals surface area contributed by atoms with E-state index in [4.69, 9.17) is 4.42 Å². The Bertz CT molecular complexity index is 694. The first-order valence-electron chi connectivity index (χ1n) is 10.0. The van der Waals surface area contributed by atoms with Crippen LogP contribution in [0, 0.1) is 5.41 Å². The molecular weight excluding hydrogens is 320 g/mol. The van der Waals surface area contributed by atoms with Gasteiger partial charge in [-0.05, 0) is 68.0 Å². The van der Waals surface area contributed by atoms with Gasteiger partial charge in [-0.3, -0.25) is 4.90 Å². The van der Waals surface area contributed by atoms with Gasteiger partial charge in [0.2, 0.25) is 0 Å². The molecule has 2 aliphatic heterocycles. The average Bonchev–Trinajstić information content (AvgIpc) is 3.32. The topological polar surface area (TPSA) is 19.6 Å². The summed E-state index contributed by atoms with van der Waals surface area (Å²) >= 11 is 0. The number of benzene rings is 1. The molecule has 26 heavy (non-hydrogen) atoms. The second-order valence-corrected chi connectivity index (χ2v) is 8.02. The van der Waals surface area contributed by atoms with E-state index in [2.05, 4.69) is 52.3 Å². The molecule has 0 bridgehead atoms. The Kier molecular flexibility index (Phi) is 5.57. The zero-order valence-corrected chi connectivity index (χ0v) is 15.6. The summed E-state index contributed by atoms with van der Waals surface area (Å²) < 4.78 is 5.37. The van der Waals surface area contributed by atoms with Gasteiger partial charge in [0, 0.05) is 26.2 Å². The highest BCUT2D eigenvalue weighted by Gasteiger charge is 2.40. The Balaban J connectivity index is 1.27. The maximum Gasteiger partial charge on any atom is 0.126 e. The van der Waals surface area contributed by atoms with Crippen LogP contribution in [0.15, 0.2) is 59.2 Å². The molecule has 138 valence electrons. The van der Waals surface area contributed by atoms with Gasteiger partial charge in [0.25, 0.3) is 0 Å². The second kappa shape index (κ2) is 8.24. The lowest BCUT2D eigenvalue weighted by molar-refractivity contribution is 0.0950. The predicted octanol–water partition coefficient (Wildman–Crippen LogP) is 4.32. The van der Waals surface area contributed by atoms with E-state index in [9.17, 15) is 0 Å². The molecule has 2 fully saturated rings. The van der Waals surface area contributed by atoms with Gasteiger partial charge in [0.1, 0.15) is 5.76 Å². The fourth-order valence-corrected chi connectivity index (χ4v) is 4.65. The molecule has 0 N–H and O–H groups in total. The van der Waals surface area contributed by atoms with Crippen molar-refractivity contribution in [2.24, 2.45) is 5.41 Å². The van der Waals surface area contributed by atoms with Gasteiger partial charge in [-0.25, -0.2) is 0 Å². The third kappa shape index (κ3) is 4.46. The highest BCUT2D eigenvalue weighted by atomic mass is 16.3. The molecule has 1 spiro atoms. The Morgan fingerprint density at radius 2 is 1.85 bits per heavy atom. The van der Waals surface area contributed by atoms with Gasteiger partial charge in [-0.1, -0.05) is 36.4 Å². The third-order valence-corrected chi connectivity index (χ3v) is 6.01. The SMILES string of the molecule is C(=C\c1ccco1)/CN1CC[C@]2(CCCN(CCc3ccccc3)C2)C1. The minimum Gasteiger partial charge on any atom is -0.465 e. The van der Waals surface area contributed by atoms with E-state index in [-0.39, 0.29) is 0 Å². The molecule has 1 aromatic carbocycles. The Morgan fingerprint density at radius 1 is 0.962 bits per heavy atom. The Hall–Kier alpha value is -1.84. The van der Waals surface area contributed by atoms with Crippen LogP contribution < -0.4 is 0 Å². The summed E-state index contributed by atoms with van der Waals surface area (Å²) in [6, 6.07) is 14.9. The van der Waals surface area contributed by atoms with Crippen LogP contribution in [0.4, 0.5) is 0 Å². The monoisotopic (exact) mass is 350 g/mol. The number of likely N-dealkylation sites (tertiary alicyclic amines) is 2. The first-order valence-corrected chi connectivity index (χ1v) is 10.0. The van der Waals surface area contributed by atoms with E-state index < -0.39 is 0 Å². The van der Waals surface area contributed by atoms with Crippen LogP contribution >= 0.6 is 0 Å². The summed E-state index contributed by atoms with van der Waals surface area (Å²) in [6.45, 7) is 7.26. The van der Waals surface area contributed by atoms with Crippen molar-refractivity contribution in [1.29, 1.82) is 0 Å².